The average Bonchev–Trinajstić information content (AvgIpc) is 2.03. The first kappa shape index (κ1) is 10.6. The monoisotopic (exact) mass is 159 g/mol. The molecule has 0 fully saturated rings. The predicted molar refractivity (Wildman–Crippen MR) is 45.2 cm³/mol. The quantitative estimate of drug-likeness (QED) is 0.462. The van der Waals surface area contributed by atoms with Gasteiger partial charge in [-0.05, 0) is 13.8 Å². The van der Waals surface area contributed by atoms with Gasteiger partial charge in [0.05, 0.1) is 6.04 Å². The van der Waals surface area contributed by atoms with Crippen LogP contribution in [0.15, 0.2) is 12.7 Å². The molecule has 0 aromatic heterocycles. The summed E-state index contributed by atoms with van der Waals surface area (Å²) in [5, 5.41) is 0. The SMILES string of the molecule is C=CC(N)C(OCC)OCC. The first-order valence-corrected chi connectivity index (χ1v) is 3.87. The minimum atomic E-state index is -0.345. The first-order valence-electron chi connectivity index (χ1n) is 3.87. The topological polar surface area (TPSA) is 44.5 Å². The average molecular weight is 159 g/mol. The van der Waals surface area contributed by atoms with Gasteiger partial charge in [-0.15, -0.1) is 6.58 Å². The third-order valence-electron chi connectivity index (χ3n) is 1.25. The van der Waals surface area contributed by atoms with Gasteiger partial charge in [-0.2, -0.15) is 0 Å². The Morgan fingerprint density at radius 2 is 1.82 bits per heavy atom. The standard InChI is InChI=1S/C8H17NO2/c1-4-7(9)8(10-5-2)11-6-3/h4,7-8H,1,5-6,9H2,2-3H3. The molecule has 0 bridgehead atoms. The molecule has 0 aromatic rings. The Bertz CT molecular complexity index is 100. The van der Waals surface area contributed by atoms with Crippen molar-refractivity contribution in [3.05, 3.63) is 12.7 Å². The molecule has 0 aliphatic rings. The summed E-state index contributed by atoms with van der Waals surface area (Å²) in [5.74, 6) is 0. The molecule has 3 nitrogen and oxygen atoms in total. The lowest BCUT2D eigenvalue weighted by molar-refractivity contribution is -0.140. The molecule has 0 heterocycles. The zero-order valence-electron chi connectivity index (χ0n) is 7.25. The van der Waals surface area contributed by atoms with Crippen molar-refractivity contribution >= 4 is 0 Å². The van der Waals surface area contributed by atoms with Gasteiger partial charge in [-0.3, -0.25) is 0 Å². The molecular weight excluding hydrogens is 142 g/mol. The van der Waals surface area contributed by atoms with Crippen molar-refractivity contribution in [2.45, 2.75) is 26.2 Å². The van der Waals surface area contributed by atoms with Crippen LogP contribution in [0.1, 0.15) is 13.8 Å². The number of hydrogen-bond acceptors (Lipinski definition) is 3. The Balaban J connectivity index is 3.75. The summed E-state index contributed by atoms with van der Waals surface area (Å²) in [6.45, 7) is 8.58. The lowest BCUT2D eigenvalue weighted by atomic mass is 10.3. The van der Waals surface area contributed by atoms with Crippen molar-refractivity contribution in [1.82, 2.24) is 0 Å². The van der Waals surface area contributed by atoms with E-state index in [1.807, 2.05) is 13.8 Å². The minimum Gasteiger partial charge on any atom is -0.351 e. The van der Waals surface area contributed by atoms with Gasteiger partial charge in [0.15, 0.2) is 6.29 Å². The lowest BCUT2D eigenvalue weighted by Crippen LogP contribution is -2.37. The van der Waals surface area contributed by atoms with Gasteiger partial charge in [-0.25, -0.2) is 0 Å². The van der Waals surface area contributed by atoms with Gasteiger partial charge in [0.2, 0.25) is 0 Å². The van der Waals surface area contributed by atoms with Crippen LogP contribution in [0.25, 0.3) is 0 Å². The molecule has 0 rings (SSSR count). The van der Waals surface area contributed by atoms with Crippen molar-refractivity contribution in [1.29, 1.82) is 0 Å². The van der Waals surface area contributed by atoms with Gasteiger partial charge in [0.1, 0.15) is 0 Å². The van der Waals surface area contributed by atoms with Crippen molar-refractivity contribution in [2.75, 3.05) is 13.2 Å². The van der Waals surface area contributed by atoms with Crippen molar-refractivity contribution in [2.24, 2.45) is 5.73 Å². The zero-order valence-corrected chi connectivity index (χ0v) is 7.25. The summed E-state index contributed by atoms with van der Waals surface area (Å²) in [6, 6.07) is -0.241. The predicted octanol–water partition coefficient (Wildman–Crippen LogP) is 0.899. The van der Waals surface area contributed by atoms with Crippen LogP contribution in [0, 0.1) is 0 Å². The highest BCUT2D eigenvalue weighted by atomic mass is 16.7. The molecule has 0 aliphatic heterocycles. The van der Waals surface area contributed by atoms with Crippen LogP contribution < -0.4 is 5.73 Å². The largest absolute Gasteiger partial charge is 0.351 e. The summed E-state index contributed by atoms with van der Waals surface area (Å²) in [6.07, 6.45) is 1.28. The van der Waals surface area contributed by atoms with Gasteiger partial charge >= 0.3 is 0 Å². The summed E-state index contributed by atoms with van der Waals surface area (Å²) >= 11 is 0. The molecule has 0 spiro atoms. The smallest absolute Gasteiger partial charge is 0.176 e. The van der Waals surface area contributed by atoms with E-state index >= 15 is 0 Å². The summed E-state index contributed by atoms with van der Waals surface area (Å²) in [7, 11) is 0. The molecule has 66 valence electrons. The number of rotatable bonds is 6. The molecule has 0 aliphatic carbocycles. The Labute approximate surface area is 68.2 Å². The van der Waals surface area contributed by atoms with Crippen LogP contribution in [0.2, 0.25) is 0 Å². The number of nitrogens with two attached hydrogens (primary N) is 1. The van der Waals surface area contributed by atoms with Gasteiger partial charge in [0.25, 0.3) is 0 Å². The van der Waals surface area contributed by atoms with Gasteiger partial charge in [0, 0.05) is 13.2 Å². The van der Waals surface area contributed by atoms with E-state index in [-0.39, 0.29) is 12.3 Å². The fraction of sp³-hybridized carbons (Fsp3) is 0.750. The molecule has 0 aromatic carbocycles. The summed E-state index contributed by atoms with van der Waals surface area (Å²) in [4.78, 5) is 0. The highest BCUT2D eigenvalue weighted by Crippen LogP contribution is 2.00. The van der Waals surface area contributed by atoms with Crippen LogP contribution in [0.3, 0.4) is 0 Å². The molecule has 2 N–H and O–H groups in total. The molecule has 1 atom stereocenters. The van der Waals surface area contributed by atoms with Crippen LogP contribution in [0.4, 0.5) is 0 Å². The van der Waals surface area contributed by atoms with E-state index in [0.717, 1.165) is 0 Å². The van der Waals surface area contributed by atoms with E-state index in [1.165, 1.54) is 0 Å². The highest BCUT2D eigenvalue weighted by Gasteiger charge is 2.13. The maximum Gasteiger partial charge on any atom is 0.176 e. The molecule has 11 heavy (non-hydrogen) atoms. The molecule has 3 heteroatoms. The molecule has 0 saturated carbocycles. The minimum absolute atomic E-state index is 0.241. The third kappa shape index (κ3) is 4.14. The normalized spacial score (nSPS) is 13.5. The first-order chi connectivity index (χ1) is 5.26. The number of hydrogen-bond donors (Lipinski definition) is 1. The van der Waals surface area contributed by atoms with Crippen LogP contribution >= 0.6 is 0 Å². The Kier molecular flexibility index (Phi) is 6.12. The second kappa shape index (κ2) is 6.34. The zero-order chi connectivity index (χ0) is 8.69. The third-order valence-corrected chi connectivity index (χ3v) is 1.25. The summed E-state index contributed by atoms with van der Waals surface area (Å²) < 4.78 is 10.4. The Morgan fingerprint density at radius 1 is 1.36 bits per heavy atom. The second-order valence-corrected chi connectivity index (χ2v) is 2.09. The van der Waals surface area contributed by atoms with E-state index in [4.69, 9.17) is 15.2 Å². The maximum absolute atomic E-state index is 5.62. The van der Waals surface area contributed by atoms with E-state index in [2.05, 4.69) is 6.58 Å². The van der Waals surface area contributed by atoms with E-state index in [0.29, 0.717) is 13.2 Å². The molecule has 1 unspecified atom stereocenters. The fourth-order valence-corrected chi connectivity index (χ4v) is 0.710. The van der Waals surface area contributed by atoms with Crippen LogP contribution in [-0.4, -0.2) is 25.5 Å². The molecule has 0 amide bonds. The second-order valence-electron chi connectivity index (χ2n) is 2.09. The van der Waals surface area contributed by atoms with Crippen LogP contribution in [-0.2, 0) is 9.47 Å². The van der Waals surface area contributed by atoms with E-state index < -0.39 is 0 Å². The van der Waals surface area contributed by atoms with Crippen LogP contribution in [0.5, 0.6) is 0 Å². The van der Waals surface area contributed by atoms with Gasteiger partial charge < -0.3 is 15.2 Å². The maximum atomic E-state index is 5.62. The van der Waals surface area contributed by atoms with Crippen molar-refractivity contribution in [3.8, 4) is 0 Å². The molecular formula is C8H17NO2. The van der Waals surface area contributed by atoms with Gasteiger partial charge in [-0.1, -0.05) is 6.08 Å². The lowest BCUT2D eigenvalue weighted by Gasteiger charge is -2.20. The van der Waals surface area contributed by atoms with E-state index in [9.17, 15) is 0 Å². The molecule has 0 radical (unpaired) electrons. The molecule has 0 saturated heterocycles. The van der Waals surface area contributed by atoms with Crippen molar-refractivity contribution in [3.63, 3.8) is 0 Å². The van der Waals surface area contributed by atoms with E-state index in [1.54, 1.807) is 6.08 Å². The fourth-order valence-electron chi connectivity index (χ4n) is 0.710. The Morgan fingerprint density at radius 3 is 2.09 bits per heavy atom. The highest BCUT2D eigenvalue weighted by molar-refractivity contribution is 4.85. The summed E-state index contributed by atoms with van der Waals surface area (Å²) in [5.41, 5.74) is 5.62. The number of ether oxygens (including phenoxy) is 2. The van der Waals surface area contributed by atoms with Crippen molar-refractivity contribution < 1.29 is 9.47 Å². The Hall–Kier alpha value is -0.380.